The van der Waals surface area contributed by atoms with E-state index < -0.39 is 48.9 Å². The molecule has 0 fully saturated rings. The Kier molecular flexibility index (Phi) is 2.90. The summed E-state index contributed by atoms with van der Waals surface area (Å²) < 4.78 is 0. The van der Waals surface area contributed by atoms with Gasteiger partial charge in [-0.05, 0) is 0 Å². The minimum Gasteiger partial charge on any atom is -0.507 e. The molecule has 1 aromatic carbocycles. The SMILES string of the molecule is O=c1cc(O)c2c([N+](=O)[O-])ccc([N+](=O)[O-])c2[nH]c1=O. The number of H-pyrrole nitrogens is 1. The number of benzene rings is 1. The number of hydrogen-bond acceptors (Lipinski definition) is 7. The van der Waals surface area contributed by atoms with Gasteiger partial charge in [0.25, 0.3) is 16.9 Å². The van der Waals surface area contributed by atoms with Gasteiger partial charge in [0.05, 0.1) is 9.85 Å². The Bertz CT molecular complexity index is 871. The second-order valence-corrected chi connectivity index (χ2v) is 3.72. The van der Waals surface area contributed by atoms with Crippen molar-refractivity contribution in [3.63, 3.8) is 0 Å². The Labute approximate surface area is 108 Å². The zero-order chi connectivity index (χ0) is 15.0. The molecule has 1 aromatic heterocycles. The first-order valence-electron chi connectivity index (χ1n) is 5.05. The van der Waals surface area contributed by atoms with Crippen LogP contribution in [0.4, 0.5) is 11.4 Å². The molecule has 0 aliphatic carbocycles. The molecule has 0 saturated carbocycles. The number of nitrogens with one attached hydrogen (secondary N) is 1. The highest BCUT2D eigenvalue weighted by atomic mass is 16.6. The maximum absolute atomic E-state index is 11.4. The van der Waals surface area contributed by atoms with Crippen molar-refractivity contribution in [3.05, 3.63) is 59.0 Å². The smallest absolute Gasteiger partial charge is 0.296 e. The normalized spacial score (nSPS) is 10.4. The Morgan fingerprint density at radius 1 is 1.05 bits per heavy atom. The molecule has 2 aromatic rings. The van der Waals surface area contributed by atoms with E-state index in [1.165, 1.54) is 0 Å². The van der Waals surface area contributed by atoms with Crippen LogP contribution in [-0.2, 0) is 0 Å². The summed E-state index contributed by atoms with van der Waals surface area (Å²) in [7, 11) is 0. The van der Waals surface area contributed by atoms with Crippen LogP contribution in [0.3, 0.4) is 0 Å². The lowest BCUT2D eigenvalue weighted by atomic mass is 10.1. The molecule has 0 radical (unpaired) electrons. The van der Waals surface area contributed by atoms with Crippen molar-refractivity contribution in [2.75, 3.05) is 0 Å². The predicted molar refractivity (Wildman–Crippen MR) is 65.8 cm³/mol. The van der Waals surface area contributed by atoms with Crippen molar-refractivity contribution in [1.82, 2.24) is 4.98 Å². The number of rotatable bonds is 2. The number of non-ortho nitro benzene ring substituents is 2. The molecular formula is C10H5N3O7. The maximum atomic E-state index is 11.4. The molecule has 0 aliphatic rings. The lowest BCUT2D eigenvalue weighted by Gasteiger charge is -1.99. The van der Waals surface area contributed by atoms with Gasteiger partial charge >= 0.3 is 0 Å². The first kappa shape index (κ1) is 13.1. The van der Waals surface area contributed by atoms with Gasteiger partial charge in [0.2, 0.25) is 5.43 Å². The average molecular weight is 279 g/mol. The summed E-state index contributed by atoms with van der Waals surface area (Å²) >= 11 is 0. The zero-order valence-corrected chi connectivity index (χ0v) is 9.52. The fourth-order valence-corrected chi connectivity index (χ4v) is 1.71. The monoisotopic (exact) mass is 279 g/mol. The van der Waals surface area contributed by atoms with Crippen LogP contribution in [0.25, 0.3) is 10.9 Å². The Hall–Kier alpha value is -3.30. The molecule has 2 rings (SSSR count). The van der Waals surface area contributed by atoms with E-state index in [1.54, 1.807) is 0 Å². The van der Waals surface area contributed by atoms with Crippen molar-refractivity contribution in [2.24, 2.45) is 0 Å². The van der Waals surface area contributed by atoms with Gasteiger partial charge < -0.3 is 10.1 Å². The fraction of sp³-hybridized carbons (Fsp3) is 0. The Morgan fingerprint density at radius 3 is 2.15 bits per heavy atom. The number of aromatic nitrogens is 1. The molecule has 10 nitrogen and oxygen atoms in total. The molecular weight excluding hydrogens is 274 g/mol. The number of hydrogen-bond donors (Lipinski definition) is 2. The van der Waals surface area contributed by atoms with Crippen molar-refractivity contribution >= 4 is 22.3 Å². The third-order valence-electron chi connectivity index (χ3n) is 2.54. The van der Waals surface area contributed by atoms with E-state index in [2.05, 4.69) is 0 Å². The molecule has 0 saturated heterocycles. The first-order chi connectivity index (χ1) is 9.32. The molecule has 1 heterocycles. The van der Waals surface area contributed by atoms with E-state index in [0.717, 1.165) is 12.1 Å². The van der Waals surface area contributed by atoms with Crippen LogP contribution in [0.5, 0.6) is 5.75 Å². The van der Waals surface area contributed by atoms with Gasteiger partial charge in [-0.3, -0.25) is 29.8 Å². The molecule has 102 valence electrons. The molecule has 20 heavy (non-hydrogen) atoms. The first-order valence-corrected chi connectivity index (χ1v) is 5.05. The Balaban J connectivity index is 3.21. The van der Waals surface area contributed by atoms with Crippen LogP contribution in [-0.4, -0.2) is 19.9 Å². The average Bonchev–Trinajstić information content (AvgIpc) is 2.46. The van der Waals surface area contributed by atoms with Crippen LogP contribution in [0.15, 0.2) is 27.8 Å². The largest absolute Gasteiger partial charge is 0.507 e. The van der Waals surface area contributed by atoms with Gasteiger partial charge in [0.15, 0.2) is 0 Å². The minimum absolute atomic E-state index is 0.470. The second kappa shape index (κ2) is 4.42. The van der Waals surface area contributed by atoms with Crippen molar-refractivity contribution in [2.45, 2.75) is 0 Å². The van der Waals surface area contributed by atoms with E-state index in [0.29, 0.717) is 6.07 Å². The minimum atomic E-state index is -1.24. The van der Waals surface area contributed by atoms with Gasteiger partial charge in [0, 0.05) is 18.2 Å². The molecule has 10 heteroatoms. The van der Waals surface area contributed by atoms with E-state index >= 15 is 0 Å². The van der Waals surface area contributed by atoms with E-state index in [9.17, 15) is 34.9 Å². The number of aromatic hydroxyl groups is 1. The van der Waals surface area contributed by atoms with E-state index in [4.69, 9.17) is 0 Å². The second-order valence-electron chi connectivity index (χ2n) is 3.72. The molecule has 0 aliphatic heterocycles. The van der Waals surface area contributed by atoms with Crippen molar-refractivity contribution in [1.29, 1.82) is 0 Å². The zero-order valence-electron chi connectivity index (χ0n) is 9.52. The van der Waals surface area contributed by atoms with Crippen LogP contribution >= 0.6 is 0 Å². The van der Waals surface area contributed by atoms with Crippen molar-refractivity contribution in [3.8, 4) is 5.75 Å². The van der Waals surface area contributed by atoms with E-state index in [1.807, 2.05) is 4.98 Å². The number of nitro benzene ring substituents is 2. The molecule has 0 bridgehead atoms. The fourth-order valence-electron chi connectivity index (χ4n) is 1.71. The predicted octanol–water partition coefficient (Wildman–Crippen LogP) is 0.410. The van der Waals surface area contributed by atoms with Crippen LogP contribution in [0.1, 0.15) is 0 Å². The lowest BCUT2D eigenvalue weighted by molar-refractivity contribution is -0.386. The van der Waals surface area contributed by atoms with Gasteiger partial charge in [-0.15, -0.1) is 0 Å². The highest BCUT2D eigenvalue weighted by Gasteiger charge is 2.23. The maximum Gasteiger partial charge on any atom is 0.296 e. The summed E-state index contributed by atoms with van der Waals surface area (Å²) in [5, 5.41) is 30.8. The highest BCUT2D eigenvalue weighted by molar-refractivity contribution is 5.98. The van der Waals surface area contributed by atoms with Crippen LogP contribution in [0, 0.1) is 20.2 Å². The number of nitrogens with zero attached hydrogens (tertiary/aromatic N) is 2. The molecule has 0 amide bonds. The third kappa shape index (κ3) is 1.94. The number of fused-ring (bicyclic) bond motifs is 1. The highest BCUT2D eigenvalue weighted by Crippen LogP contribution is 2.35. The number of aromatic amines is 1. The standard InChI is InChI=1S/C10H5N3O7/c14-6-3-7(15)10(16)11-9-5(13(19)20)2-1-4(8(6)9)12(17)18/h1-3,14H,(H,11,15,16). The third-order valence-corrected chi connectivity index (χ3v) is 2.54. The summed E-state index contributed by atoms with van der Waals surface area (Å²) in [4.78, 5) is 44.5. The summed E-state index contributed by atoms with van der Waals surface area (Å²) in [6.07, 6.45) is 0. The van der Waals surface area contributed by atoms with Gasteiger partial charge in [-0.2, -0.15) is 0 Å². The molecule has 0 spiro atoms. The lowest BCUT2D eigenvalue weighted by Crippen LogP contribution is -2.22. The van der Waals surface area contributed by atoms with E-state index in [-0.39, 0.29) is 0 Å². The molecule has 2 N–H and O–H groups in total. The number of nitro groups is 2. The molecule has 0 unspecified atom stereocenters. The molecule has 0 atom stereocenters. The van der Waals surface area contributed by atoms with Gasteiger partial charge in [-0.25, -0.2) is 0 Å². The summed E-state index contributed by atoms with van der Waals surface area (Å²) in [5.41, 5.74) is -4.35. The van der Waals surface area contributed by atoms with Crippen molar-refractivity contribution < 1.29 is 15.0 Å². The van der Waals surface area contributed by atoms with Crippen LogP contribution in [0.2, 0.25) is 0 Å². The Morgan fingerprint density at radius 2 is 1.60 bits per heavy atom. The summed E-state index contributed by atoms with van der Waals surface area (Å²) in [5.74, 6) is -0.890. The summed E-state index contributed by atoms with van der Waals surface area (Å²) in [6.45, 7) is 0. The topological polar surface area (TPSA) is 156 Å². The van der Waals surface area contributed by atoms with Gasteiger partial charge in [0.1, 0.15) is 16.7 Å². The quantitative estimate of drug-likeness (QED) is 0.457. The summed E-state index contributed by atoms with van der Waals surface area (Å²) in [6, 6.07) is 2.08. The van der Waals surface area contributed by atoms with Crippen LogP contribution < -0.4 is 11.0 Å². The van der Waals surface area contributed by atoms with Gasteiger partial charge in [-0.1, -0.05) is 0 Å².